The van der Waals surface area contributed by atoms with Gasteiger partial charge in [-0.15, -0.1) is 0 Å². The molecule has 1 aromatic heterocycles. The molecule has 0 fully saturated rings. The first-order valence-corrected chi connectivity index (χ1v) is 6.92. The number of rotatable bonds is 3. The molecular formula is C17H18NO+. The molecule has 0 spiro atoms. The molecule has 1 aromatic carbocycles. The fourth-order valence-electron chi connectivity index (χ4n) is 2.70. The zero-order valence-electron chi connectivity index (χ0n) is 11.0. The van der Waals surface area contributed by atoms with Gasteiger partial charge in [-0.05, 0) is 42.9 Å². The third kappa shape index (κ3) is 2.73. The van der Waals surface area contributed by atoms with Gasteiger partial charge in [0.2, 0.25) is 12.3 Å². The first kappa shape index (κ1) is 12.1. The Morgan fingerprint density at radius 1 is 1.00 bits per heavy atom. The lowest BCUT2D eigenvalue weighted by molar-refractivity contribution is -0.683. The predicted octanol–water partition coefficient (Wildman–Crippen LogP) is 2.74. The van der Waals surface area contributed by atoms with E-state index in [0.717, 1.165) is 18.4 Å². The highest BCUT2D eigenvalue weighted by Crippen LogP contribution is 2.22. The van der Waals surface area contributed by atoms with Crippen LogP contribution in [-0.2, 0) is 19.4 Å². The van der Waals surface area contributed by atoms with Gasteiger partial charge in [-0.3, -0.25) is 4.79 Å². The van der Waals surface area contributed by atoms with Crippen LogP contribution in [0, 0.1) is 0 Å². The van der Waals surface area contributed by atoms with Crippen molar-refractivity contribution in [3.8, 4) is 0 Å². The molecule has 0 aliphatic heterocycles. The van der Waals surface area contributed by atoms with Crippen molar-refractivity contribution in [2.24, 2.45) is 0 Å². The van der Waals surface area contributed by atoms with Crippen molar-refractivity contribution < 1.29 is 9.36 Å². The molecule has 19 heavy (non-hydrogen) atoms. The number of hydrogen-bond donors (Lipinski definition) is 0. The molecule has 0 radical (unpaired) electrons. The largest absolute Gasteiger partial charge is 0.287 e. The Morgan fingerprint density at radius 3 is 2.53 bits per heavy atom. The standard InChI is InChI=1S/C17H18NO/c19-17(13-18-10-4-1-5-11-18)16-9-8-14-6-2-3-7-15(14)12-16/h1,4-5,8-12H,2-3,6-7,13H2/q+1. The number of nitrogens with zero attached hydrogens (tertiary/aromatic N) is 1. The van der Waals surface area contributed by atoms with E-state index in [9.17, 15) is 4.79 Å². The van der Waals surface area contributed by atoms with Gasteiger partial charge in [-0.25, -0.2) is 0 Å². The first-order chi connectivity index (χ1) is 9.33. The minimum atomic E-state index is 0.185. The lowest BCUT2D eigenvalue weighted by Crippen LogP contribution is -2.36. The Balaban J connectivity index is 1.80. The van der Waals surface area contributed by atoms with Gasteiger partial charge in [0.15, 0.2) is 12.4 Å². The summed E-state index contributed by atoms with van der Waals surface area (Å²) < 4.78 is 1.92. The average Bonchev–Trinajstić information content (AvgIpc) is 2.48. The number of Topliss-reactive ketones (excluding diaryl/α,β-unsaturated/α-hetero) is 1. The number of ketones is 1. The SMILES string of the molecule is O=C(C[n+]1ccccc1)c1ccc2c(c1)CCCC2. The van der Waals surface area contributed by atoms with Crippen LogP contribution >= 0.6 is 0 Å². The molecule has 2 aromatic rings. The summed E-state index contributed by atoms with van der Waals surface area (Å²) >= 11 is 0. The fourth-order valence-corrected chi connectivity index (χ4v) is 2.70. The molecular weight excluding hydrogens is 234 g/mol. The highest BCUT2D eigenvalue weighted by Gasteiger charge is 2.15. The molecule has 1 heterocycles. The van der Waals surface area contributed by atoms with Crippen molar-refractivity contribution in [3.05, 3.63) is 65.5 Å². The number of carbonyl (C=O) groups is 1. The van der Waals surface area contributed by atoms with Crippen LogP contribution < -0.4 is 4.57 Å². The van der Waals surface area contributed by atoms with Gasteiger partial charge >= 0.3 is 0 Å². The zero-order chi connectivity index (χ0) is 13.1. The van der Waals surface area contributed by atoms with Crippen molar-refractivity contribution in [2.45, 2.75) is 32.2 Å². The van der Waals surface area contributed by atoms with Crippen LogP contribution in [0.2, 0.25) is 0 Å². The van der Waals surface area contributed by atoms with E-state index in [0.29, 0.717) is 6.54 Å². The Morgan fingerprint density at radius 2 is 1.74 bits per heavy atom. The van der Waals surface area contributed by atoms with Crippen molar-refractivity contribution in [1.82, 2.24) is 0 Å². The maximum absolute atomic E-state index is 12.3. The van der Waals surface area contributed by atoms with E-state index < -0.39 is 0 Å². The third-order valence-corrected chi connectivity index (χ3v) is 3.77. The minimum absolute atomic E-state index is 0.185. The predicted molar refractivity (Wildman–Crippen MR) is 74.1 cm³/mol. The smallest absolute Gasteiger partial charge is 0.227 e. The summed E-state index contributed by atoms with van der Waals surface area (Å²) in [5.41, 5.74) is 3.64. The molecule has 0 unspecified atom stereocenters. The Kier molecular flexibility index (Phi) is 3.41. The second-order valence-electron chi connectivity index (χ2n) is 5.16. The van der Waals surface area contributed by atoms with E-state index in [4.69, 9.17) is 0 Å². The topological polar surface area (TPSA) is 20.9 Å². The Hall–Kier alpha value is -1.96. The molecule has 0 saturated heterocycles. The van der Waals surface area contributed by atoms with Crippen LogP contribution in [0.15, 0.2) is 48.8 Å². The Bertz CT molecular complexity index is 589. The van der Waals surface area contributed by atoms with Crippen molar-refractivity contribution >= 4 is 5.78 Å². The summed E-state index contributed by atoms with van der Waals surface area (Å²) in [4.78, 5) is 12.3. The van der Waals surface area contributed by atoms with Crippen molar-refractivity contribution in [1.29, 1.82) is 0 Å². The van der Waals surface area contributed by atoms with Gasteiger partial charge in [-0.1, -0.05) is 18.2 Å². The van der Waals surface area contributed by atoms with Gasteiger partial charge in [-0.2, -0.15) is 4.57 Å². The zero-order valence-corrected chi connectivity index (χ0v) is 11.0. The number of carbonyl (C=O) groups excluding carboxylic acids is 1. The molecule has 0 saturated carbocycles. The number of fused-ring (bicyclic) bond motifs is 1. The Labute approximate surface area is 113 Å². The molecule has 2 nitrogen and oxygen atoms in total. The van der Waals surface area contributed by atoms with E-state index in [2.05, 4.69) is 12.1 Å². The number of benzene rings is 1. The number of aryl methyl sites for hydroxylation is 2. The van der Waals surface area contributed by atoms with Gasteiger partial charge in [0.1, 0.15) is 0 Å². The van der Waals surface area contributed by atoms with E-state index in [1.165, 1.54) is 24.0 Å². The second-order valence-corrected chi connectivity index (χ2v) is 5.16. The highest BCUT2D eigenvalue weighted by molar-refractivity contribution is 5.95. The van der Waals surface area contributed by atoms with Crippen LogP contribution in [0.1, 0.15) is 34.3 Å². The maximum atomic E-state index is 12.3. The molecule has 3 rings (SSSR count). The molecule has 96 valence electrons. The summed E-state index contributed by atoms with van der Waals surface area (Å²) in [6.07, 6.45) is 8.66. The van der Waals surface area contributed by atoms with Crippen LogP contribution in [0.25, 0.3) is 0 Å². The molecule has 0 bridgehead atoms. The van der Waals surface area contributed by atoms with Crippen molar-refractivity contribution in [3.63, 3.8) is 0 Å². The van der Waals surface area contributed by atoms with Gasteiger partial charge < -0.3 is 0 Å². The maximum Gasteiger partial charge on any atom is 0.227 e. The first-order valence-electron chi connectivity index (χ1n) is 6.92. The normalized spacial score (nSPS) is 13.9. The molecule has 1 aliphatic rings. The van der Waals surface area contributed by atoms with Crippen LogP contribution in [0.5, 0.6) is 0 Å². The van der Waals surface area contributed by atoms with Gasteiger partial charge in [0.25, 0.3) is 0 Å². The monoisotopic (exact) mass is 252 g/mol. The molecule has 0 atom stereocenters. The number of hydrogen-bond acceptors (Lipinski definition) is 1. The average molecular weight is 252 g/mol. The third-order valence-electron chi connectivity index (χ3n) is 3.77. The van der Waals surface area contributed by atoms with Crippen LogP contribution in [0.4, 0.5) is 0 Å². The summed E-state index contributed by atoms with van der Waals surface area (Å²) in [5, 5.41) is 0. The lowest BCUT2D eigenvalue weighted by atomic mass is 9.90. The number of pyridine rings is 1. The summed E-state index contributed by atoms with van der Waals surface area (Å²) in [7, 11) is 0. The van der Waals surface area contributed by atoms with Crippen LogP contribution in [-0.4, -0.2) is 5.78 Å². The molecule has 2 heteroatoms. The van der Waals surface area contributed by atoms with E-state index >= 15 is 0 Å². The van der Waals surface area contributed by atoms with Crippen molar-refractivity contribution in [2.75, 3.05) is 0 Å². The minimum Gasteiger partial charge on any atom is -0.287 e. The quantitative estimate of drug-likeness (QED) is 0.608. The molecule has 1 aliphatic carbocycles. The summed E-state index contributed by atoms with van der Waals surface area (Å²) in [5.74, 6) is 0.185. The van der Waals surface area contributed by atoms with Gasteiger partial charge in [0.05, 0.1) is 0 Å². The van der Waals surface area contributed by atoms with E-state index in [1.807, 2.05) is 41.2 Å². The van der Waals surface area contributed by atoms with E-state index in [-0.39, 0.29) is 5.78 Å². The summed E-state index contributed by atoms with van der Waals surface area (Å²) in [6, 6.07) is 12.1. The fraction of sp³-hybridized carbons (Fsp3) is 0.294. The van der Waals surface area contributed by atoms with Crippen LogP contribution in [0.3, 0.4) is 0 Å². The van der Waals surface area contributed by atoms with E-state index in [1.54, 1.807) is 0 Å². The second kappa shape index (κ2) is 5.35. The number of aromatic nitrogens is 1. The summed E-state index contributed by atoms with van der Waals surface area (Å²) in [6.45, 7) is 0.416. The lowest BCUT2D eigenvalue weighted by Gasteiger charge is -2.15. The van der Waals surface area contributed by atoms with Gasteiger partial charge in [0, 0.05) is 17.7 Å². The molecule has 0 N–H and O–H groups in total. The highest BCUT2D eigenvalue weighted by atomic mass is 16.1. The molecule has 0 amide bonds.